The Morgan fingerprint density at radius 1 is 1.33 bits per heavy atom. The summed E-state index contributed by atoms with van der Waals surface area (Å²) in [4.78, 5) is 12.0. The molecule has 1 heterocycles. The van der Waals surface area contributed by atoms with Gasteiger partial charge in [-0.25, -0.2) is 4.79 Å². The van der Waals surface area contributed by atoms with Crippen LogP contribution in [0.5, 0.6) is 0 Å². The van der Waals surface area contributed by atoms with Gasteiger partial charge in [0.05, 0.1) is 11.3 Å². The molecule has 0 radical (unpaired) electrons. The van der Waals surface area contributed by atoms with Crippen molar-refractivity contribution in [1.29, 1.82) is 0 Å². The van der Waals surface area contributed by atoms with Gasteiger partial charge in [0.1, 0.15) is 5.76 Å². The zero-order valence-corrected chi connectivity index (χ0v) is 15.3. The first-order chi connectivity index (χ1) is 11.3. The normalized spacial score (nSPS) is 19.5. The summed E-state index contributed by atoms with van der Waals surface area (Å²) in [6.07, 6.45) is 5.67. The van der Waals surface area contributed by atoms with Gasteiger partial charge in [0.2, 0.25) is 0 Å². The van der Waals surface area contributed by atoms with Gasteiger partial charge in [-0.15, -0.1) is 0 Å². The summed E-state index contributed by atoms with van der Waals surface area (Å²) in [7, 11) is 0. The van der Waals surface area contributed by atoms with E-state index in [-0.39, 0.29) is 24.4 Å². The van der Waals surface area contributed by atoms with Gasteiger partial charge in [-0.05, 0) is 39.5 Å². The van der Waals surface area contributed by atoms with Crippen molar-refractivity contribution in [3.05, 3.63) is 17.0 Å². The molecule has 0 aliphatic heterocycles. The fourth-order valence-electron chi connectivity index (χ4n) is 3.73. The first kappa shape index (κ1) is 18.8. The number of carbonyl (C=O) groups excluding carboxylic acids is 1. The van der Waals surface area contributed by atoms with Crippen molar-refractivity contribution in [2.45, 2.75) is 71.3 Å². The molecule has 1 fully saturated rings. The first-order valence-corrected chi connectivity index (χ1v) is 8.98. The molecule has 24 heavy (non-hydrogen) atoms. The number of urea groups is 1. The van der Waals surface area contributed by atoms with Crippen molar-refractivity contribution in [1.82, 2.24) is 15.8 Å². The van der Waals surface area contributed by atoms with E-state index in [4.69, 9.17) is 4.52 Å². The summed E-state index contributed by atoms with van der Waals surface area (Å²) < 4.78 is 5.17. The standard InChI is InChI=1S/C18H31N3O3/c1-12(16-13(2)21-24-14(16)3)10-19-17(22)20-11-18(4,23)15-8-6-5-7-9-15/h12,15,23H,5-11H2,1-4H3,(H2,19,20,22)/t12-,18+/m1/s1. The van der Waals surface area contributed by atoms with E-state index in [2.05, 4.69) is 15.8 Å². The van der Waals surface area contributed by atoms with E-state index in [0.29, 0.717) is 6.54 Å². The van der Waals surface area contributed by atoms with Crippen LogP contribution in [0.15, 0.2) is 4.52 Å². The van der Waals surface area contributed by atoms with Crippen LogP contribution < -0.4 is 10.6 Å². The van der Waals surface area contributed by atoms with Gasteiger partial charge >= 0.3 is 6.03 Å². The maximum Gasteiger partial charge on any atom is 0.314 e. The van der Waals surface area contributed by atoms with Gasteiger partial charge in [-0.2, -0.15) is 0 Å². The number of carbonyl (C=O) groups is 1. The number of nitrogens with zero attached hydrogens (tertiary/aromatic N) is 1. The summed E-state index contributed by atoms with van der Waals surface area (Å²) in [6.45, 7) is 8.43. The molecule has 3 N–H and O–H groups in total. The second-order valence-corrected chi connectivity index (χ2v) is 7.39. The van der Waals surface area contributed by atoms with Gasteiger partial charge in [0.15, 0.2) is 0 Å². The second-order valence-electron chi connectivity index (χ2n) is 7.39. The van der Waals surface area contributed by atoms with Crippen LogP contribution in [0.4, 0.5) is 4.79 Å². The molecule has 1 saturated carbocycles. The number of amides is 2. The molecule has 1 aromatic heterocycles. The van der Waals surface area contributed by atoms with Crippen LogP contribution in [0.2, 0.25) is 0 Å². The van der Waals surface area contributed by atoms with Gasteiger partial charge in [0, 0.05) is 24.6 Å². The van der Waals surface area contributed by atoms with Crippen LogP contribution >= 0.6 is 0 Å². The SMILES string of the molecule is Cc1noc(C)c1[C@H](C)CNC(=O)NC[C@](C)(O)C1CCCCC1. The fourth-order valence-corrected chi connectivity index (χ4v) is 3.73. The minimum absolute atomic E-state index is 0.126. The fraction of sp³-hybridized carbons (Fsp3) is 0.778. The molecule has 6 nitrogen and oxygen atoms in total. The molecule has 6 heteroatoms. The van der Waals surface area contributed by atoms with Crippen LogP contribution in [0.3, 0.4) is 0 Å². The van der Waals surface area contributed by atoms with Gasteiger partial charge in [-0.1, -0.05) is 31.3 Å². The lowest BCUT2D eigenvalue weighted by atomic mass is 9.78. The predicted octanol–water partition coefficient (Wildman–Crippen LogP) is 3.03. The summed E-state index contributed by atoms with van der Waals surface area (Å²) in [6, 6.07) is -0.246. The third-order valence-corrected chi connectivity index (χ3v) is 5.24. The Labute approximate surface area is 144 Å². The molecule has 136 valence electrons. The summed E-state index contributed by atoms with van der Waals surface area (Å²) in [5.74, 6) is 1.19. The maximum absolute atomic E-state index is 12.0. The van der Waals surface area contributed by atoms with Gasteiger partial charge in [0.25, 0.3) is 0 Å². The average molecular weight is 337 g/mol. The van der Waals surface area contributed by atoms with Crippen molar-refractivity contribution in [2.75, 3.05) is 13.1 Å². The number of aliphatic hydroxyl groups is 1. The molecule has 0 saturated heterocycles. The van der Waals surface area contributed by atoms with Crippen LogP contribution in [-0.4, -0.2) is 35.0 Å². The van der Waals surface area contributed by atoms with Gasteiger partial charge < -0.3 is 20.3 Å². The zero-order valence-electron chi connectivity index (χ0n) is 15.3. The van der Waals surface area contributed by atoms with Crippen molar-refractivity contribution < 1.29 is 14.4 Å². The Kier molecular flexibility index (Phi) is 6.27. The van der Waals surface area contributed by atoms with Crippen molar-refractivity contribution in [3.63, 3.8) is 0 Å². The molecule has 2 rings (SSSR count). The Morgan fingerprint density at radius 3 is 2.58 bits per heavy atom. The molecular formula is C18H31N3O3. The second kappa shape index (κ2) is 8.01. The smallest absolute Gasteiger partial charge is 0.314 e. The molecule has 0 bridgehead atoms. The highest BCUT2D eigenvalue weighted by Crippen LogP contribution is 2.32. The number of hydrogen-bond donors (Lipinski definition) is 3. The Morgan fingerprint density at radius 2 is 2.00 bits per heavy atom. The summed E-state index contributed by atoms with van der Waals surface area (Å²) in [5, 5.41) is 20.3. The van der Waals surface area contributed by atoms with Crippen LogP contribution in [0.1, 0.15) is 68.9 Å². The number of aromatic nitrogens is 1. The van der Waals surface area contributed by atoms with E-state index in [9.17, 15) is 9.90 Å². The number of hydrogen-bond acceptors (Lipinski definition) is 4. The third kappa shape index (κ3) is 4.72. The monoisotopic (exact) mass is 337 g/mol. The van der Waals surface area contributed by atoms with E-state index < -0.39 is 5.60 Å². The Hall–Kier alpha value is -1.56. The first-order valence-electron chi connectivity index (χ1n) is 8.98. The van der Waals surface area contributed by atoms with E-state index in [1.807, 2.05) is 27.7 Å². The molecule has 1 aromatic rings. The van der Waals surface area contributed by atoms with E-state index in [1.165, 1.54) is 19.3 Å². The maximum atomic E-state index is 12.0. The lowest BCUT2D eigenvalue weighted by molar-refractivity contribution is -0.0130. The van der Waals surface area contributed by atoms with Gasteiger partial charge in [-0.3, -0.25) is 0 Å². The highest BCUT2D eigenvalue weighted by atomic mass is 16.5. The molecule has 0 unspecified atom stereocenters. The van der Waals surface area contributed by atoms with Crippen LogP contribution in [0.25, 0.3) is 0 Å². The van der Waals surface area contributed by atoms with Crippen LogP contribution in [0, 0.1) is 19.8 Å². The zero-order chi connectivity index (χ0) is 17.7. The number of rotatable bonds is 6. The average Bonchev–Trinajstić information content (AvgIpc) is 2.90. The Balaban J connectivity index is 1.77. The van der Waals surface area contributed by atoms with Crippen LogP contribution in [-0.2, 0) is 0 Å². The highest BCUT2D eigenvalue weighted by molar-refractivity contribution is 5.74. The number of nitrogens with one attached hydrogen (secondary N) is 2. The minimum atomic E-state index is -0.842. The van der Waals surface area contributed by atoms with E-state index in [1.54, 1.807) is 0 Å². The molecule has 0 spiro atoms. The molecule has 1 aliphatic carbocycles. The van der Waals surface area contributed by atoms with Crippen molar-refractivity contribution >= 4 is 6.03 Å². The molecule has 0 aromatic carbocycles. The van der Waals surface area contributed by atoms with Crippen molar-refractivity contribution in [3.8, 4) is 0 Å². The third-order valence-electron chi connectivity index (χ3n) is 5.24. The molecule has 2 atom stereocenters. The largest absolute Gasteiger partial charge is 0.388 e. The summed E-state index contributed by atoms with van der Waals surface area (Å²) >= 11 is 0. The van der Waals surface area contributed by atoms with E-state index in [0.717, 1.165) is 29.9 Å². The summed E-state index contributed by atoms with van der Waals surface area (Å²) in [5.41, 5.74) is 1.07. The lowest BCUT2D eigenvalue weighted by Gasteiger charge is -2.35. The quantitative estimate of drug-likeness (QED) is 0.744. The molecular weight excluding hydrogens is 306 g/mol. The minimum Gasteiger partial charge on any atom is -0.388 e. The highest BCUT2D eigenvalue weighted by Gasteiger charge is 2.33. The predicted molar refractivity (Wildman–Crippen MR) is 93.0 cm³/mol. The van der Waals surface area contributed by atoms with E-state index >= 15 is 0 Å². The lowest BCUT2D eigenvalue weighted by Crippen LogP contribution is -2.49. The molecule has 1 aliphatic rings. The molecule has 2 amide bonds. The van der Waals surface area contributed by atoms with Crippen molar-refractivity contribution in [2.24, 2.45) is 5.92 Å². The Bertz CT molecular complexity index is 528. The number of aryl methyl sites for hydroxylation is 2. The topological polar surface area (TPSA) is 87.4 Å².